The molecule has 170 valence electrons. The summed E-state index contributed by atoms with van der Waals surface area (Å²) in [5.74, 6) is -0.471. The zero-order valence-corrected chi connectivity index (χ0v) is 19.2. The number of piperidine rings is 1. The second-order valence-electron chi connectivity index (χ2n) is 8.16. The number of benzene rings is 3. The van der Waals surface area contributed by atoms with Gasteiger partial charge < -0.3 is 5.32 Å². The summed E-state index contributed by atoms with van der Waals surface area (Å²) < 4.78 is 27.4. The van der Waals surface area contributed by atoms with Crippen molar-refractivity contribution in [3.8, 4) is 11.1 Å². The van der Waals surface area contributed by atoms with E-state index in [-0.39, 0.29) is 35.6 Å². The van der Waals surface area contributed by atoms with Crippen molar-refractivity contribution in [2.24, 2.45) is 5.92 Å². The molecular weight excluding hydrogens is 436 g/mol. The Morgan fingerprint density at radius 1 is 0.848 bits per heavy atom. The van der Waals surface area contributed by atoms with Crippen LogP contribution in [0.2, 0.25) is 0 Å². The molecule has 6 nitrogen and oxygen atoms in total. The van der Waals surface area contributed by atoms with Gasteiger partial charge in [-0.3, -0.25) is 9.59 Å². The van der Waals surface area contributed by atoms with Crippen molar-refractivity contribution in [1.29, 1.82) is 0 Å². The van der Waals surface area contributed by atoms with Crippen molar-refractivity contribution >= 4 is 27.4 Å². The van der Waals surface area contributed by atoms with Crippen LogP contribution in [0.3, 0.4) is 0 Å². The van der Waals surface area contributed by atoms with Gasteiger partial charge in [-0.05, 0) is 43.5 Å². The summed E-state index contributed by atoms with van der Waals surface area (Å²) in [6, 6.07) is 23.5. The molecule has 0 radical (unpaired) electrons. The zero-order chi connectivity index (χ0) is 23.4. The van der Waals surface area contributed by atoms with Gasteiger partial charge in [0.05, 0.1) is 4.90 Å². The largest absolute Gasteiger partial charge is 0.325 e. The van der Waals surface area contributed by atoms with E-state index in [1.807, 2.05) is 54.6 Å². The SMILES string of the molecule is CC(=O)c1ccc(S(=O)(=O)N2CCC(C(=O)Nc3ccccc3-c3ccccc3)CC2)cc1. The number of nitrogens with one attached hydrogen (secondary N) is 1. The van der Waals surface area contributed by atoms with Gasteiger partial charge in [-0.15, -0.1) is 0 Å². The Balaban J connectivity index is 1.41. The molecule has 1 aliphatic heterocycles. The second-order valence-corrected chi connectivity index (χ2v) is 10.1. The third-order valence-electron chi connectivity index (χ3n) is 5.99. The van der Waals surface area contributed by atoms with Crippen molar-refractivity contribution < 1.29 is 18.0 Å². The van der Waals surface area contributed by atoms with Crippen LogP contribution in [0, 0.1) is 5.92 Å². The molecule has 1 fully saturated rings. The number of hydrogen-bond acceptors (Lipinski definition) is 4. The van der Waals surface area contributed by atoms with Crippen LogP contribution in [-0.2, 0) is 14.8 Å². The van der Waals surface area contributed by atoms with Crippen molar-refractivity contribution in [3.63, 3.8) is 0 Å². The summed E-state index contributed by atoms with van der Waals surface area (Å²) in [5, 5.41) is 3.04. The van der Waals surface area contributed by atoms with Crippen molar-refractivity contribution in [3.05, 3.63) is 84.4 Å². The lowest BCUT2D eigenvalue weighted by Gasteiger charge is -2.30. The molecule has 3 aromatic rings. The zero-order valence-electron chi connectivity index (χ0n) is 18.4. The molecule has 1 aliphatic rings. The average molecular weight is 463 g/mol. The Labute approximate surface area is 194 Å². The normalized spacial score (nSPS) is 15.2. The number of hydrogen-bond donors (Lipinski definition) is 1. The molecule has 4 rings (SSSR count). The highest BCUT2D eigenvalue weighted by molar-refractivity contribution is 7.89. The van der Waals surface area contributed by atoms with Crippen molar-refractivity contribution in [2.45, 2.75) is 24.7 Å². The van der Waals surface area contributed by atoms with E-state index in [2.05, 4.69) is 5.32 Å². The van der Waals surface area contributed by atoms with Crippen LogP contribution < -0.4 is 5.32 Å². The lowest BCUT2D eigenvalue weighted by atomic mass is 9.96. The number of ketones is 1. The Kier molecular flexibility index (Phi) is 6.72. The molecular formula is C26H26N2O4S. The number of carbonyl (C=O) groups excluding carboxylic acids is 2. The summed E-state index contributed by atoms with van der Waals surface area (Å²) in [6.45, 7) is 1.99. The van der Waals surface area contributed by atoms with E-state index in [9.17, 15) is 18.0 Å². The van der Waals surface area contributed by atoms with Gasteiger partial charge in [0.1, 0.15) is 0 Å². The fourth-order valence-electron chi connectivity index (χ4n) is 4.07. The molecule has 0 atom stereocenters. The summed E-state index contributed by atoms with van der Waals surface area (Å²) >= 11 is 0. The van der Waals surface area contributed by atoms with E-state index in [1.165, 1.54) is 35.5 Å². The van der Waals surface area contributed by atoms with E-state index in [4.69, 9.17) is 0 Å². The molecule has 33 heavy (non-hydrogen) atoms. The van der Waals surface area contributed by atoms with E-state index in [1.54, 1.807) is 0 Å². The Morgan fingerprint density at radius 3 is 2.09 bits per heavy atom. The van der Waals surface area contributed by atoms with Gasteiger partial charge in [-0.25, -0.2) is 8.42 Å². The first-order chi connectivity index (χ1) is 15.9. The van der Waals surface area contributed by atoms with Crippen LogP contribution in [0.15, 0.2) is 83.8 Å². The highest BCUT2D eigenvalue weighted by Gasteiger charge is 2.32. The maximum absolute atomic E-state index is 13.0. The minimum atomic E-state index is -3.66. The van der Waals surface area contributed by atoms with Crippen molar-refractivity contribution in [1.82, 2.24) is 4.31 Å². The highest BCUT2D eigenvalue weighted by Crippen LogP contribution is 2.30. The first-order valence-electron chi connectivity index (χ1n) is 10.9. The molecule has 0 aromatic heterocycles. The summed E-state index contributed by atoms with van der Waals surface area (Å²) in [4.78, 5) is 24.6. The van der Waals surface area contributed by atoms with Gasteiger partial charge in [-0.1, -0.05) is 60.7 Å². The van der Waals surface area contributed by atoms with E-state index >= 15 is 0 Å². The van der Waals surface area contributed by atoms with Gasteiger partial charge in [0, 0.05) is 35.8 Å². The molecule has 7 heteroatoms. The summed E-state index contributed by atoms with van der Waals surface area (Å²) in [6.07, 6.45) is 0.897. The van der Waals surface area contributed by atoms with Crippen LogP contribution in [-0.4, -0.2) is 37.5 Å². The molecule has 0 saturated carbocycles. The van der Waals surface area contributed by atoms with Gasteiger partial charge in [0.2, 0.25) is 15.9 Å². The quantitative estimate of drug-likeness (QED) is 0.543. The second kappa shape index (κ2) is 9.68. The van der Waals surface area contributed by atoms with Gasteiger partial charge in [0.25, 0.3) is 0 Å². The number of para-hydroxylation sites is 1. The standard InChI is InChI=1S/C26H26N2O4S/c1-19(29)20-11-13-23(14-12-20)33(31,32)28-17-15-22(16-18-28)26(30)27-25-10-6-5-9-24(25)21-7-3-2-4-8-21/h2-14,22H,15-18H2,1H3,(H,27,30). The number of sulfonamides is 1. The minimum Gasteiger partial charge on any atom is -0.325 e. The molecule has 0 unspecified atom stereocenters. The van der Waals surface area contributed by atoms with E-state index < -0.39 is 10.0 Å². The predicted octanol–water partition coefficient (Wildman–Crippen LogP) is 4.60. The monoisotopic (exact) mass is 462 g/mol. The fraction of sp³-hybridized carbons (Fsp3) is 0.231. The van der Waals surface area contributed by atoms with E-state index in [0.29, 0.717) is 18.4 Å². The predicted molar refractivity (Wildman–Crippen MR) is 128 cm³/mol. The van der Waals surface area contributed by atoms with E-state index in [0.717, 1.165) is 16.8 Å². The first kappa shape index (κ1) is 22.9. The first-order valence-corrected chi connectivity index (χ1v) is 12.4. The molecule has 1 N–H and O–H groups in total. The van der Waals surface area contributed by atoms with Crippen LogP contribution in [0.5, 0.6) is 0 Å². The maximum Gasteiger partial charge on any atom is 0.243 e. The van der Waals surface area contributed by atoms with Gasteiger partial charge in [0.15, 0.2) is 5.78 Å². The van der Waals surface area contributed by atoms with Gasteiger partial charge in [-0.2, -0.15) is 4.31 Å². The lowest BCUT2D eigenvalue weighted by molar-refractivity contribution is -0.120. The summed E-state index contributed by atoms with van der Waals surface area (Å²) in [7, 11) is -3.66. The van der Waals surface area contributed by atoms with Gasteiger partial charge >= 0.3 is 0 Å². The number of nitrogens with zero attached hydrogens (tertiary/aromatic N) is 1. The smallest absolute Gasteiger partial charge is 0.243 e. The molecule has 1 saturated heterocycles. The maximum atomic E-state index is 13.0. The molecule has 3 aromatic carbocycles. The summed E-state index contributed by atoms with van der Waals surface area (Å²) in [5.41, 5.74) is 3.18. The topological polar surface area (TPSA) is 83.6 Å². The fourth-order valence-corrected chi connectivity index (χ4v) is 5.54. The number of Topliss-reactive ketones (excluding diaryl/α,β-unsaturated/α-hetero) is 1. The Morgan fingerprint density at radius 2 is 1.45 bits per heavy atom. The Hall–Kier alpha value is -3.29. The number of rotatable bonds is 6. The number of anilines is 1. The highest BCUT2D eigenvalue weighted by atomic mass is 32.2. The molecule has 0 bridgehead atoms. The Bertz CT molecular complexity index is 1250. The van der Waals surface area contributed by atoms with Crippen LogP contribution in [0.4, 0.5) is 5.69 Å². The number of carbonyl (C=O) groups is 2. The molecule has 1 amide bonds. The lowest BCUT2D eigenvalue weighted by Crippen LogP contribution is -2.41. The average Bonchev–Trinajstić information content (AvgIpc) is 2.85. The van der Waals surface area contributed by atoms with Crippen LogP contribution in [0.1, 0.15) is 30.1 Å². The molecule has 0 aliphatic carbocycles. The van der Waals surface area contributed by atoms with Crippen LogP contribution in [0.25, 0.3) is 11.1 Å². The molecule has 1 heterocycles. The third kappa shape index (κ3) is 5.05. The molecule has 0 spiro atoms. The number of amides is 1. The minimum absolute atomic E-state index is 0.0961. The van der Waals surface area contributed by atoms with Crippen LogP contribution >= 0.6 is 0 Å². The van der Waals surface area contributed by atoms with Crippen molar-refractivity contribution in [2.75, 3.05) is 18.4 Å². The third-order valence-corrected chi connectivity index (χ3v) is 7.91.